The lowest BCUT2D eigenvalue weighted by Crippen LogP contribution is -2.08. The zero-order valence-electron chi connectivity index (χ0n) is 8.88. The number of hydrogen-bond acceptors (Lipinski definition) is 1. The molecule has 0 fully saturated rings. The topological polar surface area (TPSA) is 29.1 Å². The van der Waals surface area contributed by atoms with Crippen molar-refractivity contribution in [3.63, 3.8) is 0 Å². The molecule has 0 radical (unpaired) electrons. The van der Waals surface area contributed by atoms with Crippen LogP contribution in [0.25, 0.3) is 0 Å². The number of benzene rings is 1. The summed E-state index contributed by atoms with van der Waals surface area (Å²) in [6.45, 7) is 3.95. The van der Waals surface area contributed by atoms with Crippen molar-refractivity contribution < 1.29 is 4.79 Å². The maximum Gasteiger partial charge on any atom is 0.248 e. The fourth-order valence-electron chi connectivity index (χ4n) is 1.04. The first kappa shape index (κ1) is 11.8. The number of nitrogens with one attached hydrogen (secondary N) is 1. The fourth-order valence-corrected chi connectivity index (χ4v) is 1.16. The van der Waals surface area contributed by atoms with Gasteiger partial charge in [-0.3, -0.25) is 4.79 Å². The quantitative estimate of drug-likeness (QED) is 0.779. The van der Waals surface area contributed by atoms with Gasteiger partial charge < -0.3 is 5.32 Å². The Labute approximate surface area is 94.9 Å². The smallest absolute Gasteiger partial charge is 0.248 e. The van der Waals surface area contributed by atoms with Gasteiger partial charge in [-0.1, -0.05) is 24.1 Å². The van der Waals surface area contributed by atoms with Gasteiger partial charge in [-0.15, -0.1) is 0 Å². The fraction of sp³-hybridized carbons (Fsp3) is 0.250. The normalized spacial score (nSPS) is 11.3. The Hall–Kier alpha value is -1.28. The Morgan fingerprint density at radius 3 is 2.53 bits per heavy atom. The predicted molar refractivity (Wildman–Crippen MR) is 64.1 cm³/mol. The molecule has 0 aliphatic carbocycles. The third-order valence-electron chi connectivity index (χ3n) is 2.05. The van der Waals surface area contributed by atoms with Crippen LogP contribution >= 0.6 is 11.6 Å². The molecule has 1 aromatic rings. The first-order chi connectivity index (χ1) is 7.11. The number of amides is 1. The van der Waals surface area contributed by atoms with E-state index in [0.29, 0.717) is 5.02 Å². The third kappa shape index (κ3) is 4.17. The minimum Gasteiger partial charge on any atom is -0.323 e. The van der Waals surface area contributed by atoms with Crippen molar-refractivity contribution in [1.82, 2.24) is 0 Å². The molecule has 0 aromatic heterocycles. The van der Waals surface area contributed by atoms with Crippen LogP contribution in [0.4, 0.5) is 5.69 Å². The molecule has 0 spiro atoms. The van der Waals surface area contributed by atoms with Crippen LogP contribution in [0.5, 0.6) is 0 Å². The summed E-state index contributed by atoms with van der Waals surface area (Å²) in [4.78, 5) is 11.4. The van der Waals surface area contributed by atoms with Crippen LogP contribution in [-0.4, -0.2) is 5.91 Å². The molecule has 0 aliphatic rings. The third-order valence-corrected chi connectivity index (χ3v) is 2.30. The molecular formula is C12H14ClNO. The maximum atomic E-state index is 11.4. The lowest BCUT2D eigenvalue weighted by Gasteiger charge is -2.02. The van der Waals surface area contributed by atoms with Crippen LogP contribution in [0.1, 0.15) is 20.3 Å². The van der Waals surface area contributed by atoms with Gasteiger partial charge in [0.25, 0.3) is 0 Å². The van der Waals surface area contributed by atoms with Gasteiger partial charge in [0, 0.05) is 16.8 Å². The van der Waals surface area contributed by atoms with Crippen LogP contribution < -0.4 is 5.32 Å². The highest BCUT2D eigenvalue weighted by molar-refractivity contribution is 6.30. The molecule has 0 saturated heterocycles. The summed E-state index contributed by atoms with van der Waals surface area (Å²) < 4.78 is 0. The van der Waals surface area contributed by atoms with Gasteiger partial charge in [0.15, 0.2) is 0 Å². The van der Waals surface area contributed by atoms with Crippen LogP contribution in [0.15, 0.2) is 35.9 Å². The Morgan fingerprint density at radius 1 is 1.40 bits per heavy atom. The van der Waals surface area contributed by atoms with E-state index in [-0.39, 0.29) is 5.91 Å². The zero-order chi connectivity index (χ0) is 11.3. The molecule has 0 bridgehead atoms. The van der Waals surface area contributed by atoms with E-state index in [1.54, 1.807) is 30.3 Å². The van der Waals surface area contributed by atoms with Crippen LogP contribution in [-0.2, 0) is 4.79 Å². The lowest BCUT2D eigenvalue weighted by molar-refractivity contribution is -0.112. The van der Waals surface area contributed by atoms with Crippen molar-refractivity contribution in [3.8, 4) is 0 Å². The van der Waals surface area contributed by atoms with Crippen molar-refractivity contribution in [2.45, 2.75) is 20.3 Å². The lowest BCUT2D eigenvalue weighted by atomic mass is 10.2. The SMILES string of the molecule is CC/C(C)=C\C(=O)Nc1ccc(Cl)cc1. The van der Waals surface area contributed by atoms with E-state index in [1.807, 2.05) is 13.8 Å². The summed E-state index contributed by atoms with van der Waals surface area (Å²) in [5.41, 5.74) is 1.81. The molecule has 1 amide bonds. The molecule has 15 heavy (non-hydrogen) atoms. The van der Waals surface area contributed by atoms with Crippen molar-refractivity contribution in [1.29, 1.82) is 0 Å². The van der Waals surface area contributed by atoms with Crippen LogP contribution in [0, 0.1) is 0 Å². The molecule has 80 valence electrons. The number of anilines is 1. The molecule has 1 rings (SSSR count). The number of halogens is 1. The van der Waals surface area contributed by atoms with Crippen LogP contribution in [0.2, 0.25) is 5.02 Å². The second kappa shape index (κ2) is 5.56. The van der Waals surface area contributed by atoms with E-state index in [4.69, 9.17) is 11.6 Å². The van der Waals surface area contributed by atoms with Gasteiger partial charge in [-0.25, -0.2) is 0 Å². The Morgan fingerprint density at radius 2 is 2.00 bits per heavy atom. The summed E-state index contributed by atoms with van der Waals surface area (Å²) >= 11 is 5.73. The molecule has 3 heteroatoms. The molecular weight excluding hydrogens is 210 g/mol. The standard InChI is InChI=1S/C12H14ClNO/c1-3-9(2)8-12(15)14-11-6-4-10(13)5-7-11/h4-8H,3H2,1-2H3,(H,14,15)/b9-8-. The summed E-state index contributed by atoms with van der Waals surface area (Å²) in [5, 5.41) is 3.42. The van der Waals surface area contributed by atoms with E-state index in [9.17, 15) is 4.79 Å². The van der Waals surface area contributed by atoms with E-state index >= 15 is 0 Å². The molecule has 0 unspecified atom stereocenters. The van der Waals surface area contributed by atoms with Crippen molar-refractivity contribution >= 4 is 23.2 Å². The van der Waals surface area contributed by atoms with Gasteiger partial charge in [-0.2, -0.15) is 0 Å². The van der Waals surface area contributed by atoms with Gasteiger partial charge in [0.2, 0.25) is 5.91 Å². The molecule has 0 aliphatic heterocycles. The van der Waals surface area contributed by atoms with Gasteiger partial charge in [-0.05, 0) is 37.6 Å². The molecule has 0 atom stereocenters. The number of hydrogen-bond donors (Lipinski definition) is 1. The summed E-state index contributed by atoms with van der Waals surface area (Å²) in [6, 6.07) is 7.03. The largest absolute Gasteiger partial charge is 0.323 e. The van der Waals surface area contributed by atoms with E-state index in [1.165, 1.54) is 0 Å². The highest BCUT2D eigenvalue weighted by atomic mass is 35.5. The minimum absolute atomic E-state index is 0.100. The highest BCUT2D eigenvalue weighted by Crippen LogP contribution is 2.13. The number of rotatable bonds is 3. The average Bonchev–Trinajstić information content (AvgIpc) is 2.21. The highest BCUT2D eigenvalue weighted by Gasteiger charge is 1.98. The monoisotopic (exact) mass is 223 g/mol. The average molecular weight is 224 g/mol. The minimum atomic E-state index is -0.100. The van der Waals surface area contributed by atoms with Crippen LogP contribution in [0.3, 0.4) is 0 Å². The van der Waals surface area contributed by atoms with Gasteiger partial charge in [0.05, 0.1) is 0 Å². The predicted octanol–water partition coefficient (Wildman–Crippen LogP) is 3.63. The maximum absolute atomic E-state index is 11.4. The van der Waals surface area contributed by atoms with E-state index in [0.717, 1.165) is 17.7 Å². The van der Waals surface area contributed by atoms with Crippen molar-refractivity contribution in [2.75, 3.05) is 5.32 Å². The van der Waals surface area contributed by atoms with E-state index in [2.05, 4.69) is 5.32 Å². The molecule has 1 N–H and O–H groups in total. The molecule has 0 heterocycles. The Kier molecular flexibility index (Phi) is 4.37. The first-order valence-corrected chi connectivity index (χ1v) is 5.23. The molecule has 0 saturated carbocycles. The van der Waals surface area contributed by atoms with Crippen molar-refractivity contribution in [3.05, 3.63) is 40.9 Å². The van der Waals surface area contributed by atoms with Gasteiger partial charge in [0.1, 0.15) is 0 Å². The Balaban J connectivity index is 2.63. The summed E-state index contributed by atoms with van der Waals surface area (Å²) in [6.07, 6.45) is 2.49. The number of carbonyl (C=O) groups excluding carboxylic acids is 1. The second-order valence-corrected chi connectivity index (χ2v) is 3.78. The van der Waals surface area contributed by atoms with Gasteiger partial charge >= 0.3 is 0 Å². The summed E-state index contributed by atoms with van der Waals surface area (Å²) in [7, 11) is 0. The molecule has 2 nitrogen and oxygen atoms in total. The second-order valence-electron chi connectivity index (χ2n) is 3.34. The molecule has 1 aromatic carbocycles. The van der Waals surface area contributed by atoms with Crippen molar-refractivity contribution in [2.24, 2.45) is 0 Å². The number of carbonyl (C=O) groups is 1. The summed E-state index contributed by atoms with van der Waals surface area (Å²) in [5.74, 6) is -0.100. The zero-order valence-corrected chi connectivity index (χ0v) is 9.64. The van der Waals surface area contributed by atoms with E-state index < -0.39 is 0 Å². The number of allylic oxidation sites excluding steroid dienone is 1. The Bertz CT molecular complexity index is 368. The first-order valence-electron chi connectivity index (χ1n) is 4.85.